The lowest BCUT2D eigenvalue weighted by Crippen LogP contribution is -2.43. The fraction of sp³-hybridized carbons (Fsp3) is 0.429. The van der Waals surface area contributed by atoms with Crippen LogP contribution in [0.1, 0.15) is 49.7 Å². The molecule has 2 aromatic carbocycles. The first-order valence-corrected chi connectivity index (χ1v) is 13.5. The van der Waals surface area contributed by atoms with Crippen molar-refractivity contribution in [2.24, 2.45) is 0 Å². The Morgan fingerprint density at radius 2 is 1.81 bits per heavy atom. The van der Waals surface area contributed by atoms with Gasteiger partial charge in [0.15, 0.2) is 0 Å². The lowest BCUT2D eigenvalue weighted by Gasteiger charge is -2.31. The molecule has 0 spiro atoms. The number of carbonyl (C=O) groups is 2. The van der Waals surface area contributed by atoms with Gasteiger partial charge in [0.1, 0.15) is 6.54 Å². The van der Waals surface area contributed by atoms with Crippen molar-refractivity contribution < 1.29 is 22.8 Å². The Kier molecular flexibility index (Phi) is 8.97. The maximum atomic E-state index is 13.3. The Hall–Kier alpha value is -2.78. The number of para-hydroxylation sites is 1. The topological polar surface area (TPSA) is 52.7 Å². The summed E-state index contributed by atoms with van der Waals surface area (Å²) in [5.41, 5.74) is 0.384. The number of hydrogen-bond donors (Lipinski definition) is 1. The monoisotopic (exact) mass is 531 g/mol. The summed E-state index contributed by atoms with van der Waals surface area (Å²) >= 11 is 1.25. The summed E-state index contributed by atoms with van der Waals surface area (Å²) in [5, 5.41) is 2.93. The van der Waals surface area contributed by atoms with Crippen LogP contribution in [0.2, 0.25) is 0 Å². The van der Waals surface area contributed by atoms with E-state index in [9.17, 15) is 22.8 Å². The zero-order valence-electron chi connectivity index (χ0n) is 20.9. The molecule has 0 saturated heterocycles. The highest BCUT2D eigenvalue weighted by Gasteiger charge is 2.32. The molecule has 2 aromatic rings. The second kappa shape index (κ2) is 12.2. The van der Waals surface area contributed by atoms with Crippen LogP contribution in [0.15, 0.2) is 58.3 Å². The quantitative estimate of drug-likeness (QED) is 0.338. The van der Waals surface area contributed by atoms with E-state index in [2.05, 4.69) is 17.3 Å². The number of amides is 2. The van der Waals surface area contributed by atoms with Crippen LogP contribution >= 0.6 is 11.8 Å². The van der Waals surface area contributed by atoms with Crippen molar-refractivity contribution in [1.29, 1.82) is 0 Å². The molecule has 0 aromatic heterocycles. The average Bonchev–Trinajstić information content (AvgIpc) is 2.89. The third-order valence-corrected chi connectivity index (χ3v) is 7.95. The average molecular weight is 532 g/mol. The Bertz CT molecular complexity index is 1130. The van der Waals surface area contributed by atoms with Crippen molar-refractivity contribution >= 4 is 35.3 Å². The summed E-state index contributed by atoms with van der Waals surface area (Å²) in [7, 11) is 2.14. The van der Waals surface area contributed by atoms with E-state index in [0.717, 1.165) is 30.0 Å². The van der Waals surface area contributed by atoms with E-state index in [1.54, 1.807) is 12.1 Å². The molecule has 2 aliphatic rings. The van der Waals surface area contributed by atoms with Crippen LogP contribution in [0, 0.1) is 0 Å². The highest BCUT2D eigenvalue weighted by molar-refractivity contribution is 8.04. The Morgan fingerprint density at radius 3 is 2.51 bits per heavy atom. The second-order valence-electron chi connectivity index (χ2n) is 9.57. The summed E-state index contributed by atoms with van der Waals surface area (Å²) < 4.78 is 38.7. The van der Waals surface area contributed by atoms with Crippen molar-refractivity contribution in [2.45, 2.75) is 55.6 Å². The van der Waals surface area contributed by atoms with Crippen LogP contribution < -0.4 is 10.2 Å². The number of nitrogens with zero attached hydrogens (tertiary/aromatic N) is 2. The molecule has 37 heavy (non-hydrogen) atoms. The fourth-order valence-corrected chi connectivity index (χ4v) is 5.86. The molecule has 2 amide bonds. The number of alkyl halides is 3. The number of hydrogen-bond acceptors (Lipinski definition) is 4. The van der Waals surface area contributed by atoms with E-state index in [1.165, 1.54) is 60.9 Å². The van der Waals surface area contributed by atoms with E-state index >= 15 is 0 Å². The first kappa shape index (κ1) is 27.3. The third kappa shape index (κ3) is 7.17. The van der Waals surface area contributed by atoms with Crippen molar-refractivity contribution in [3.63, 3.8) is 0 Å². The zero-order chi connectivity index (χ0) is 26.4. The Morgan fingerprint density at radius 1 is 1.11 bits per heavy atom. The van der Waals surface area contributed by atoms with Crippen LogP contribution in [-0.4, -0.2) is 49.4 Å². The van der Waals surface area contributed by atoms with Crippen LogP contribution in [0.5, 0.6) is 0 Å². The highest BCUT2D eigenvalue weighted by atomic mass is 32.2. The van der Waals surface area contributed by atoms with E-state index in [1.807, 2.05) is 18.2 Å². The molecule has 5 nitrogen and oxygen atoms in total. The molecule has 0 unspecified atom stereocenters. The third-order valence-electron chi connectivity index (χ3n) is 6.88. The van der Waals surface area contributed by atoms with Crippen LogP contribution in [-0.2, 0) is 15.8 Å². The summed E-state index contributed by atoms with van der Waals surface area (Å²) in [6.07, 6.45) is 4.33. The number of anilines is 1. The molecule has 9 heteroatoms. The van der Waals surface area contributed by atoms with Gasteiger partial charge in [0.25, 0.3) is 5.91 Å². The van der Waals surface area contributed by atoms with Crippen LogP contribution in [0.4, 0.5) is 18.9 Å². The standard InChI is InChI=1S/C28H32F3N3O2S/c1-33(22-8-3-2-4-9-22)17-7-16-32-26(35)19-34-23-10-5-6-11-24(23)37-25(27(34)36)18-20-12-14-21(15-13-20)28(29,30)31/h5-6,10-15,18,22H,2-4,7-9,16-17,19H2,1H3,(H,32,35). The van der Waals surface area contributed by atoms with Crippen molar-refractivity contribution in [3.05, 3.63) is 64.6 Å². The van der Waals surface area contributed by atoms with Gasteiger partial charge in [0.2, 0.25) is 5.91 Å². The molecule has 1 fully saturated rings. The largest absolute Gasteiger partial charge is 0.416 e. The van der Waals surface area contributed by atoms with Crippen molar-refractivity contribution in [3.8, 4) is 0 Å². The number of benzene rings is 2. The summed E-state index contributed by atoms with van der Waals surface area (Å²) in [6, 6.07) is 12.6. The van der Waals surface area contributed by atoms with Gasteiger partial charge in [-0.25, -0.2) is 0 Å². The van der Waals surface area contributed by atoms with Gasteiger partial charge in [-0.2, -0.15) is 13.2 Å². The van der Waals surface area contributed by atoms with Crippen LogP contribution in [0.3, 0.4) is 0 Å². The van der Waals surface area contributed by atoms with Crippen molar-refractivity contribution in [2.75, 3.05) is 31.6 Å². The SMILES string of the molecule is CN(CCCNC(=O)CN1C(=O)C(=Cc2ccc(C(F)(F)F)cc2)Sc2ccccc21)C1CCCCC1. The number of fused-ring (bicyclic) bond motifs is 1. The second-order valence-corrected chi connectivity index (χ2v) is 10.6. The molecule has 0 radical (unpaired) electrons. The molecule has 1 aliphatic heterocycles. The summed E-state index contributed by atoms with van der Waals surface area (Å²) in [5.74, 6) is -0.597. The Balaban J connectivity index is 1.38. The predicted molar refractivity (Wildman–Crippen MR) is 141 cm³/mol. The minimum absolute atomic E-state index is 0.126. The molecule has 1 aliphatic carbocycles. The molecular formula is C28H32F3N3O2S. The lowest BCUT2D eigenvalue weighted by molar-refractivity contribution is -0.137. The Labute approximate surface area is 220 Å². The molecule has 4 rings (SSSR count). The van der Waals surface area contributed by atoms with Gasteiger partial charge in [-0.05, 0) is 68.8 Å². The molecule has 1 saturated carbocycles. The molecule has 1 heterocycles. The maximum Gasteiger partial charge on any atom is 0.416 e. The van der Waals surface area contributed by atoms with Gasteiger partial charge in [0, 0.05) is 17.5 Å². The number of rotatable bonds is 8. The molecule has 198 valence electrons. The lowest BCUT2D eigenvalue weighted by atomic mass is 9.94. The minimum atomic E-state index is -4.42. The first-order chi connectivity index (χ1) is 17.7. The normalized spacial score (nSPS) is 17.8. The highest BCUT2D eigenvalue weighted by Crippen LogP contribution is 2.42. The van der Waals surface area contributed by atoms with Crippen LogP contribution in [0.25, 0.3) is 6.08 Å². The maximum absolute atomic E-state index is 13.3. The number of halogens is 3. The smallest absolute Gasteiger partial charge is 0.355 e. The van der Waals surface area contributed by atoms with Gasteiger partial charge in [-0.3, -0.25) is 14.5 Å². The predicted octanol–water partition coefficient (Wildman–Crippen LogP) is 5.96. The van der Waals surface area contributed by atoms with Gasteiger partial charge in [-0.15, -0.1) is 0 Å². The number of nitrogens with one attached hydrogen (secondary N) is 1. The van der Waals surface area contributed by atoms with Gasteiger partial charge in [0.05, 0.1) is 16.2 Å². The van der Waals surface area contributed by atoms with Gasteiger partial charge in [-0.1, -0.05) is 55.3 Å². The number of carbonyl (C=O) groups excluding carboxylic acids is 2. The molecule has 1 N–H and O–H groups in total. The van der Waals surface area contributed by atoms with E-state index in [0.29, 0.717) is 28.7 Å². The van der Waals surface area contributed by atoms with Crippen molar-refractivity contribution in [1.82, 2.24) is 10.2 Å². The first-order valence-electron chi connectivity index (χ1n) is 12.7. The van der Waals surface area contributed by atoms with E-state index < -0.39 is 11.7 Å². The fourth-order valence-electron chi connectivity index (χ4n) is 4.80. The number of thioether (sulfide) groups is 1. The van der Waals surface area contributed by atoms with E-state index in [4.69, 9.17) is 0 Å². The van der Waals surface area contributed by atoms with E-state index in [-0.39, 0.29) is 18.4 Å². The molecule has 0 atom stereocenters. The summed E-state index contributed by atoms with van der Waals surface area (Å²) in [4.78, 5) is 31.0. The minimum Gasteiger partial charge on any atom is -0.355 e. The molecule has 0 bridgehead atoms. The summed E-state index contributed by atoms with van der Waals surface area (Å²) in [6.45, 7) is 1.31. The molecular weight excluding hydrogens is 499 g/mol. The zero-order valence-corrected chi connectivity index (χ0v) is 21.7. The van der Waals surface area contributed by atoms with Gasteiger partial charge >= 0.3 is 6.18 Å². The van der Waals surface area contributed by atoms with Gasteiger partial charge < -0.3 is 10.2 Å².